The second-order valence-electron chi connectivity index (χ2n) is 6.43. The van der Waals surface area contributed by atoms with E-state index in [1.54, 1.807) is 19.3 Å². The van der Waals surface area contributed by atoms with Crippen molar-refractivity contribution in [1.82, 2.24) is 24.3 Å². The zero-order valence-corrected chi connectivity index (χ0v) is 15.4. The van der Waals surface area contributed by atoms with Gasteiger partial charge in [-0.25, -0.2) is 4.68 Å². The molecule has 134 valence electrons. The lowest BCUT2D eigenvalue weighted by Crippen LogP contribution is -2.46. The van der Waals surface area contributed by atoms with E-state index in [1.165, 1.54) is 21.8 Å². The second-order valence-corrected chi connectivity index (χ2v) is 7.04. The smallest absolute Gasteiger partial charge is 0.268 e. The molecule has 7 nitrogen and oxygen atoms in total. The largest absolute Gasteiger partial charge is 0.368 e. The first-order valence-corrected chi connectivity index (χ1v) is 9.40. The standard InChI is InChI=1S/C18H20N6OS/c1-22-18(25)10-16(11-19-22)24-8-6-23(7-9-24)12-14-2-4-15(5-3-14)17-13-26-21-20-17/h2-5,10-11,13H,6-9,12H2,1H3. The predicted molar refractivity (Wildman–Crippen MR) is 102 cm³/mol. The van der Waals surface area contributed by atoms with Gasteiger partial charge >= 0.3 is 0 Å². The van der Waals surface area contributed by atoms with Crippen molar-refractivity contribution < 1.29 is 0 Å². The highest BCUT2D eigenvalue weighted by Gasteiger charge is 2.18. The Bertz CT molecular complexity index is 914. The molecule has 0 N–H and O–H groups in total. The Labute approximate surface area is 155 Å². The number of rotatable bonds is 4. The molecule has 0 atom stereocenters. The van der Waals surface area contributed by atoms with Crippen LogP contribution < -0.4 is 10.5 Å². The van der Waals surface area contributed by atoms with Gasteiger partial charge in [0.15, 0.2) is 0 Å². The summed E-state index contributed by atoms with van der Waals surface area (Å²) in [6.07, 6.45) is 1.77. The van der Waals surface area contributed by atoms with Gasteiger partial charge in [0.2, 0.25) is 0 Å². The molecule has 1 aromatic carbocycles. The van der Waals surface area contributed by atoms with Crippen LogP contribution >= 0.6 is 11.5 Å². The molecule has 1 aliphatic rings. The number of hydrogen-bond acceptors (Lipinski definition) is 7. The van der Waals surface area contributed by atoms with Crippen LogP contribution in [0.15, 0.2) is 46.7 Å². The van der Waals surface area contributed by atoms with Gasteiger partial charge in [-0.3, -0.25) is 9.69 Å². The fraction of sp³-hybridized carbons (Fsp3) is 0.333. The maximum Gasteiger partial charge on any atom is 0.268 e. The zero-order chi connectivity index (χ0) is 17.9. The summed E-state index contributed by atoms with van der Waals surface area (Å²) in [5.41, 5.74) is 4.16. The second kappa shape index (κ2) is 7.35. The summed E-state index contributed by atoms with van der Waals surface area (Å²) >= 11 is 1.37. The molecule has 0 radical (unpaired) electrons. The number of nitrogens with zero attached hydrogens (tertiary/aromatic N) is 6. The third-order valence-electron chi connectivity index (χ3n) is 4.71. The first-order chi connectivity index (χ1) is 12.7. The molecule has 0 bridgehead atoms. The van der Waals surface area contributed by atoms with Gasteiger partial charge in [-0.15, -0.1) is 5.10 Å². The number of anilines is 1. The number of aryl methyl sites for hydroxylation is 1. The van der Waals surface area contributed by atoms with E-state index in [-0.39, 0.29) is 5.56 Å². The third-order valence-corrected chi connectivity index (χ3v) is 5.21. The molecule has 0 amide bonds. The van der Waals surface area contributed by atoms with Crippen molar-refractivity contribution in [2.75, 3.05) is 31.1 Å². The van der Waals surface area contributed by atoms with Crippen molar-refractivity contribution in [3.63, 3.8) is 0 Å². The Hall–Kier alpha value is -2.58. The number of piperazine rings is 1. The molecule has 26 heavy (non-hydrogen) atoms. The van der Waals surface area contributed by atoms with Crippen molar-refractivity contribution in [3.05, 3.63) is 57.8 Å². The lowest BCUT2D eigenvalue weighted by Gasteiger charge is -2.35. The Kier molecular flexibility index (Phi) is 4.77. The van der Waals surface area contributed by atoms with Gasteiger partial charge in [0.05, 0.1) is 11.9 Å². The Morgan fingerprint density at radius 3 is 2.54 bits per heavy atom. The fourth-order valence-electron chi connectivity index (χ4n) is 3.13. The van der Waals surface area contributed by atoms with Crippen LogP contribution in [0, 0.1) is 0 Å². The van der Waals surface area contributed by atoms with Crippen LogP contribution in [-0.4, -0.2) is 50.4 Å². The van der Waals surface area contributed by atoms with Crippen LogP contribution in [0.1, 0.15) is 5.56 Å². The molecule has 3 aromatic rings. The van der Waals surface area contributed by atoms with Crippen molar-refractivity contribution in [3.8, 4) is 11.3 Å². The highest BCUT2D eigenvalue weighted by Crippen LogP contribution is 2.19. The van der Waals surface area contributed by atoms with E-state index in [9.17, 15) is 4.79 Å². The van der Waals surface area contributed by atoms with Gasteiger partial charge in [-0.05, 0) is 17.1 Å². The molecule has 8 heteroatoms. The van der Waals surface area contributed by atoms with Crippen molar-refractivity contribution in [2.45, 2.75) is 6.54 Å². The average molecular weight is 368 g/mol. The maximum absolute atomic E-state index is 11.8. The summed E-state index contributed by atoms with van der Waals surface area (Å²) in [6, 6.07) is 10.2. The summed E-state index contributed by atoms with van der Waals surface area (Å²) in [7, 11) is 1.67. The van der Waals surface area contributed by atoms with Crippen LogP contribution in [0.25, 0.3) is 11.3 Å². The lowest BCUT2D eigenvalue weighted by molar-refractivity contribution is 0.250. The minimum absolute atomic E-state index is 0.0691. The molecule has 3 heterocycles. The highest BCUT2D eigenvalue weighted by molar-refractivity contribution is 7.03. The van der Waals surface area contributed by atoms with Gasteiger partial charge in [0, 0.05) is 56.8 Å². The monoisotopic (exact) mass is 368 g/mol. The van der Waals surface area contributed by atoms with E-state index in [1.807, 2.05) is 5.38 Å². The maximum atomic E-state index is 11.8. The lowest BCUT2D eigenvalue weighted by atomic mass is 10.1. The highest BCUT2D eigenvalue weighted by atomic mass is 32.1. The van der Waals surface area contributed by atoms with Crippen molar-refractivity contribution in [2.24, 2.45) is 7.05 Å². The van der Waals surface area contributed by atoms with Crippen LogP contribution in [0.4, 0.5) is 5.69 Å². The van der Waals surface area contributed by atoms with E-state index in [0.717, 1.165) is 49.7 Å². The first kappa shape index (κ1) is 16.9. The van der Waals surface area contributed by atoms with Crippen LogP contribution in [-0.2, 0) is 13.6 Å². The number of aromatic nitrogens is 4. The van der Waals surface area contributed by atoms with Gasteiger partial charge in [-0.1, -0.05) is 28.8 Å². The normalized spacial score (nSPS) is 15.3. The molecule has 0 unspecified atom stereocenters. The molecule has 4 rings (SSSR count). The minimum Gasteiger partial charge on any atom is -0.368 e. The van der Waals surface area contributed by atoms with Crippen molar-refractivity contribution >= 4 is 17.2 Å². The number of benzene rings is 1. The molecular weight excluding hydrogens is 348 g/mol. The Balaban J connectivity index is 1.35. The quantitative estimate of drug-likeness (QED) is 0.697. The SMILES string of the molecule is Cn1ncc(N2CCN(Cc3ccc(-c4csnn4)cc3)CC2)cc1=O. The third kappa shape index (κ3) is 3.66. The fourth-order valence-corrected chi connectivity index (χ4v) is 3.59. The van der Waals surface area contributed by atoms with Crippen LogP contribution in [0.5, 0.6) is 0 Å². The summed E-state index contributed by atoms with van der Waals surface area (Å²) < 4.78 is 5.26. The van der Waals surface area contributed by atoms with E-state index >= 15 is 0 Å². The van der Waals surface area contributed by atoms with Crippen LogP contribution in [0.3, 0.4) is 0 Å². The van der Waals surface area contributed by atoms with Crippen molar-refractivity contribution in [1.29, 1.82) is 0 Å². The molecular formula is C18H20N6OS. The van der Waals surface area contributed by atoms with E-state index < -0.39 is 0 Å². The summed E-state index contributed by atoms with van der Waals surface area (Å²) in [6.45, 7) is 4.66. The van der Waals surface area contributed by atoms with E-state index in [2.05, 4.69) is 48.8 Å². The van der Waals surface area contributed by atoms with Gasteiger partial charge in [-0.2, -0.15) is 5.10 Å². The van der Waals surface area contributed by atoms with Gasteiger partial charge in [0.1, 0.15) is 5.69 Å². The van der Waals surface area contributed by atoms with Gasteiger partial charge in [0.25, 0.3) is 5.56 Å². The molecule has 0 spiro atoms. The topological polar surface area (TPSA) is 67.2 Å². The van der Waals surface area contributed by atoms with E-state index in [4.69, 9.17) is 0 Å². The Morgan fingerprint density at radius 2 is 1.88 bits per heavy atom. The summed E-state index contributed by atoms with van der Waals surface area (Å²) in [5, 5.41) is 10.2. The molecule has 1 fully saturated rings. The average Bonchev–Trinajstić information content (AvgIpc) is 3.20. The molecule has 1 aliphatic heterocycles. The zero-order valence-electron chi connectivity index (χ0n) is 14.6. The predicted octanol–water partition coefficient (Wildman–Crippen LogP) is 1.62. The minimum atomic E-state index is -0.0691. The number of hydrogen-bond donors (Lipinski definition) is 0. The first-order valence-electron chi connectivity index (χ1n) is 8.56. The molecule has 2 aromatic heterocycles. The summed E-state index contributed by atoms with van der Waals surface area (Å²) in [4.78, 5) is 16.4. The van der Waals surface area contributed by atoms with E-state index in [0.29, 0.717) is 0 Å². The molecule has 0 saturated carbocycles. The van der Waals surface area contributed by atoms with Gasteiger partial charge < -0.3 is 4.90 Å². The molecule has 1 saturated heterocycles. The summed E-state index contributed by atoms with van der Waals surface area (Å²) in [5.74, 6) is 0. The van der Waals surface area contributed by atoms with Crippen LogP contribution in [0.2, 0.25) is 0 Å². The molecule has 0 aliphatic carbocycles. The Morgan fingerprint density at radius 1 is 1.12 bits per heavy atom.